The molecule has 1 aliphatic heterocycles. The zero-order valence-corrected chi connectivity index (χ0v) is 12.3. The van der Waals surface area contributed by atoms with Crippen molar-refractivity contribution < 1.29 is 13.9 Å². The van der Waals surface area contributed by atoms with Crippen LogP contribution in [0.3, 0.4) is 0 Å². The Hall–Kier alpha value is -1.58. The molecule has 0 atom stereocenters. The third-order valence-corrected chi connectivity index (χ3v) is 3.86. The van der Waals surface area contributed by atoms with Gasteiger partial charge in [0.2, 0.25) is 0 Å². The van der Waals surface area contributed by atoms with Gasteiger partial charge in [-0.3, -0.25) is 0 Å². The zero-order valence-electron chi connectivity index (χ0n) is 11.5. The first-order valence-electron chi connectivity index (χ1n) is 6.86. The highest BCUT2D eigenvalue weighted by atomic mass is 35.5. The molecule has 2 aromatic carbocycles. The van der Waals surface area contributed by atoms with Crippen molar-refractivity contribution in [2.24, 2.45) is 0 Å². The molecule has 0 N–H and O–H groups in total. The lowest BCUT2D eigenvalue weighted by molar-refractivity contribution is -0.146. The molecule has 1 aliphatic rings. The smallest absolute Gasteiger partial charge is 0.190 e. The van der Waals surface area contributed by atoms with Gasteiger partial charge < -0.3 is 9.47 Å². The van der Waals surface area contributed by atoms with Crippen molar-refractivity contribution in [1.29, 1.82) is 0 Å². The van der Waals surface area contributed by atoms with E-state index in [9.17, 15) is 4.39 Å². The fourth-order valence-electron chi connectivity index (χ4n) is 2.18. The molecule has 0 amide bonds. The molecule has 0 bridgehead atoms. The van der Waals surface area contributed by atoms with E-state index < -0.39 is 5.67 Å². The summed E-state index contributed by atoms with van der Waals surface area (Å²) in [5.41, 5.74) is 0.899. The SMILES string of the molecule is FC1(COc2ccc(Cc3ccccc3Cl)cc2)COC1. The Bertz CT molecular complexity index is 608. The van der Waals surface area contributed by atoms with Gasteiger partial charge in [-0.2, -0.15) is 0 Å². The van der Waals surface area contributed by atoms with Crippen molar-refractivity contribution in [2.45, 2.75) is 12.1 Å². The van der Waals surface area contributed by atoms with Crippen molar-refractivity contribution in [2.75, 3.05) is 19.8 Å². The molecule has 1 fully saturated rings. The molecule has 0 saturated carbocycles. The third kappa shape index (κ3) is 3.55. The molecule has 2 nitrogen and oxygen atoms in total. The van der Waals surface area contributed by atoms with Crippen LogP contribution in [0.5, 0.6) is 5.75 Å². The predicted molar refractivity (Wildman–Crippen MR) is 80.9 cm³/mol. The highest BCUT2D eigenvalue weighted by Gasteiger charge is 2.39. The summed E-state index contributed by atoms with van der Waals surface area (Å²) >= 11 is 6.15. The van der Waals surface area contributed by atoms with E-state index in [-0.39, 0.29) is 19.8 Å². The van der Waals surface area contributed by atoms with E-state index in [0.717, 1.165) is 22.6 Å². The molecule has 0 aliphatic carbocycles. The Morgan fingerprint density at radius 2 is 1.81 bits per heavy atom. The first-order valence-corrected chi connectivity index (χ1v) is 7.24. The number of halogens is 2. The molecule has 2 aromatic rings. The summed E-state index contributed by atoms with van der Waals surface area (Å²) in [6.07, 6.45) is 0.765. The molecule has 0 radical (unpaired) electrons. The molecule has 1 heterocycles. The van der Waals surface area contributed by atoms with Gasteiger partial charge in [-0.25, -0.2) is 4.39 Å². The molecule has 0 aromatic heterocycles. The van der Waals surface area contributed by atoms with Gasteiger partial charge in [0.1, 0.15) is 12.4 Å². The molecular formula is C17H16ClFO2. The predicted octanol–water partition coefficient (Wildman–Crippen LogP) is 4.05. The fraction of sp³-hybridized carbons (Fsp3) is 0.294. The lowest BCUT2D eigenvalue weighted by Crippen LogP contribution is -2.50. The molecule has 21 heavy (non-hydrogen) atoms. The van der Waals surface area contributed by atoms with Crippen molar-refractivity contribution >= 4 is 11.6 Å². The average Bonchev–Trinajstić information content (AvgIpc) is 2.47. The first-order chi connectivity index (χ1) is 10.1. The maximum Gasteiger partial charge on any atom is 0.190 e. The van der Waals surface area contributed by atoms with E-state index in [2.05, 4.69) is 0 Å². The monoisotopic (exact) mass is 306 g/mol. The van der Waals surface area contributed by atoms with Crippen LogP contribution < -0.4 is 4.74 Å². The molecule has 0 spiro atoms. The van der Waals surface area contributed by atoms with E-state index >= 15 is 0 Å². The number of hydrogen-bond donors (Lipinski definition) is 0. The Balaban J connectivity index is 1.60. The second-order valence-corrected chi connectivity index (χ2v) is 5.75. The summed E-state index contributed by atoms with van der Waals surface area (Å²) in [5.74, 6) is 0.668. The van der Waals surface area contributed by atoms with Gasteiger partial charge in [0.25, 0.3) is 0 Å². The van der Waals surface area contributed by atoms with Crippen LogP contribution in [0, 0.1) is 0 Å². The second kappa shape index (κ2) is 6.04. The molecule has 3 rings (SSSR count). The molecule has 0 unspecified atom stereocenters. The lowest BCUT2D eigenvalue weighted by Gasteiger charge is -2.33. The quantitative estimate of drug-likeness (QED) is 0.830. The summed E-state index contributed by atoms with van der Waals surface area (Å²) in [7, 11) is 0. The van der Waals surface area contributed by atoms with E-state index in [0.29, 0.717) is 5.75 Å². The highest BCUT2D eigenvalue weighted by Crippen LogP contribution is 2.24. The first kappa shape index (κ1) is 14.4. The van der Waals surface area contributed by atoms with Gasteiger partial charge in [0.05, 0.1) is 13.2 Å². The van der Waals surface area contributed by atoms with Gasteiger partial charge in [-0.1, -0.05) is 41.9 Å². The summed E-state index contributed by atoms with van der Waals surface area (Å²) in [5, 5.41) is 0.766. The number of benzene rings is 2. The lowest BCUT2D eigenvalue weighted by atomic mass is 10.0. The van der Waals surface area contributed by atoms with Crippen LogP contribution in [0.2, 0.25) is 5.02 Å². The summed E-state index contributed by atoms with van der Waals surface area (Å²) < 4.78 is 24.1. The van der Waals surface area contributed by atoms with Crippen molar-refractivity contribution in [3.8, 4) is 5.75 Å². The summed E-state index contributed by atoms with van der Waals surface area (Å²) in [4.78, 5) is 0. The summed E-state index contributed by atoms with van der Waals surface area (Å²) in [6.45, 7) is 0.284. The topological polar surface area (TPSA) is 18.5 Å². The van der Waals surface area contributed by atoms with Crippen LogP contribution in [0.1, 0.15) is 11.1 Å². The number of alkyl halides is 1. The van der Waals surface area contributed by atoms with Crippen LogP contribution >= 0.6 is 11.6 Å². The van der Waals surface area contributed by atoms with E-state index in [1.54, 1.807) is 0 Å². The standard InChI is InChI=1S/C17H16ClFO2/c18-16-4-2-1-3-14(16)9-13-5-7-15(8-6-13)21-12-17(19)10-20-11-17/h1-8H,9-12H2. The van der Waals surface area contributed by atoms with Crippen molar-refractivity contribution in [3.05, 3.63) is 64.7 Å². The Kier molecular flexibility index (Phi) is 4.13. The van der Waals surface area contributed by atoms with Gasteiger partial charge in [0.15, 0.2) is 5.67 Å². The van der Waals surface area contributed by atoms with Crippen LogP contribution in [0.25, 0.3) is 0 Å². The summed E-state index contributed by atoms with van der Waals surface area (Å²) in [6, 6.07) is 15.4. The minimum absolute atomic E-state index is 0.0386. The molecular weight excluding hydrogens is 291 g/mol. The van der Waals surface area contributed by atoms with E-state index in [1.165, 1.54) is 0 Å². The minimum atomic E-state index is -1.32. The maximum absolute atomic E-state index is 13.7. The van der Waals surface area contributed by atoms with Crippen molar-refractivity contribution in [3.63, 3.8) is 0 Å². The minimum Gasteiger partial charge on any atom is -0.490 e. The largest absolute Gasteiger partial charge is 0.490 e. The van der Waals surface area contributed by atoms with E-state index in [4.69, 9.17) is 21.1 Å². The Labute approximate surface area is 128 Å². The highest BCUT2D eigenvalue weighted by molar-refractivity contribution is 6.31. The van der Waals surface area contributed by atoms with Crippen LogP contribution in [0.15, 0.2) is 48.5 Å². The number of rotatable bonds is 5. The van der Waals surface area contributed by atoms with Crippen LogP contribution in [-0.2, 0) is 11.2 Å². The van der Waals surface area contributed by atoms with Gasteiger partial charge in [-0.05, 0) is 35.7 Å². The molecule has 1 saturated heterocycles. The number of ether oxygens (including phenoxy) is 2. The number of hydrogen-bond acceptors (Lipinski definition) is 2. The second-order valence-electron chi connectivity index (χ2n) is 5.34. The van der Waals surface area contributed by atoms with Crippen molar-refractivity contribution in [1.82, 2.24) is 0 Å². The van der Waals surface area contributed by atoms with E-state index in [1.807, 2.05) is 48.5 Å². The normalized spacial score (nSPS) is 16.3. The van der Waals surface area contributed by atoms with Gasteiger partial charge >= 0.3 is 0 Å². The zero-order chi connectivity index (χ0) is 14.7. The Morgan fingerprint density at radius 1 is 1.10 bits per heavy atom. The van der Waals surface area contributed by atoms with Gasteiger partial charge in [-0.15, -0.1) is 0 Å². The third-order valence-electron chi connectivity index (χ3n) is 3.49. The average molecular weight is 307 g/mol. The van der Waals surface area contributed by atoms with Gasteiger partial charge in [0, 0.05) is 5.02 Å². The molecule has 4 heteroatoms. The Morgan fingerprint density at radius 3 is 2.43 bits per heavy atom. The van der Waals surface area contributed by atoms with Crippen LogP contribution in [-0.4, -0.2) is 25.5 Å². The maximum atomic E-state index is 13.7. The molecule has 110 valence electrons. The fourth-order valence-corrected chi connectivity index (χ4v) is 2.39. The van der Waals surface area contributed by atoms with Crippen LogP contribution in [0.4, 0.5) is 4.39 Å².